The van der Waals surface area contributed by atoms with E-state index >= 15 is 0 Å². The normalized spacial score (nSPS) is 10.2. The Labute approximate surface area is 123 Å². The first-order chi connectivity index (χ1) is 10.2. The molecule has 0 aliphatic heterocycles. The summed E-state index contributed by atoms with van der Waals surface area (Å²) in [5.74, 6) is 1.13. The van der Waals surface area contributed by atoms with E-state index < -0.39 is 0 Å². The fourth-order valence-electron chi connectivity index (χ4n) is 1.77. The Kier molecular flexibility index (Phi) is 5.20. The van der Waals surface area contributed by atoms with Crippen LogP contribution in [0.25, 0.3) is 0 Å². The molecule has 0 saturated carbocycles. The van der Waals surface area contributed by atoms with Crippen molar-refractivity contribution >= 4 is 5.91 Å². The van der Waals surface area contributed by atoms with Gasteiger partial charge < -0.3 is 14.8 Å². The fraction of sp³-hybridized carbons (Fsp3) is 0.333. The minimum atomic E-state index is -0.184. The fourth-order valence-corrected chi connectivity index (χ4v) is 1.77. The molecule has 2 aromatic rings. The highest BCUT2D eigenvalue weighted by molar-refractivity contribution is 5.92. The maximum Gasteiger partial charge on any atom is 0.271 e. The zero-order valence-corrected chi connectivity index (χ0v) is 12.2. The van der Waals surface area contributed by atoms with Gasteiger partial charge in [-0.25, -0.2) is 0 Å². The molecule has 2 N–H and O–H groups in total. The molecule has 0 atom stereocenters. The molecule has 1 aromatic carbocycles. The molecule has 2 rings (SSSR count). The second-order valence-electron chi connectivity index (χ2n) is 4.47. The van der Waals surface area contributed by atoms with E-state index in [-0.39, 0.29) is 12.5 Å². The lowest BCUT2D eigenvalue weighted by Crippen LogP contribution is -2.24. The van der Waals surface area contributed by atoms with Crippen LogP contribution < -0.4 is 14.8 Å². The largest absolute Gasteiger partial charge is 0.493 e. The molecule has 1 heterocycles. The first kappa shape index (κ1) is 14.9. The number of para-hydroxylation sites is 2. The molecule has 0 aliphatic carbocycles. The van der Waals surface area contributed by atoms with Gasteiger partial charge in [0.15, 0.2) is 11.5 Å². The molecule has 1 aromatic heterocycles. The Bertz CT molecular complexity index is 595. The number of methoxy groups -OCH3 is 1. The monoisotopic (exact) mass is 289 g/mol. The van der Waals surface area contributed by atoms with Crippen molar-refractivity contribution in [2.45, 2.75) is 20.0 Å². The van der Waals surface area contributed by atoms with E-state index in [1.807, 2.05) is 31.2 Å². The van der Waals surface area contributed by atoms with E-state index in [0.717, 1.165) is 12.1 Å². The molecule has 0 fully saturated rings. The van der Waals surface area contributed by atoms with Gasteiger partial charge in [0, 0.05) is 6.54 Å². The van der Waals surface area contributed by atoms with E-state index in [4.69, 9.17) is 9.47 Å². The molecule has 0 unspecified atom stereocenters. The third-order valence-electron chi connectivity index (χ3n) is 2.85. The van der Waals surface area contributed by atoms with Crippen LogP contribution in [0.2, 0.25) is 0 Å². The van der Waals surface area contributed by atoms with Crippen LogP contribution in [0.3, 0.4) is 0 Å². The lowest BCUT2D eigenvalue weighted by atomic mass is 10.3. The molecule has 0 spiro atoms. The summed E-state index contributed by atoms with van der Waals surface area (Å²) in [4.78, 5) is 11.7. The zero-order chi connectivity index (χ0) is 15.1. The average Bonchev–Trinajstić information content (AvgIpc) is 3.00. The Morgan fingerprint density at radius 1 is 1.33 bits per heavy atom. The quantitative estimate of drug-likeness (QED) is 0.818. The molecule has 1 amide bonds. The van der Waals surface area contributed by atoms with E-state index in [1.54, 1.807) is 13.2 Å². The number of nitrogens with one attached hydrogen (secondary N) is 2. The number of hydrogen-bond donors (Lipinski definition) is 2. The zero-order valence-electron chi connectivity index (χ0n) is 12.2. The Morgan fingerprint density at radius 2 is 2.10 bits per heavy atom. The number of rotatable bonds is 7. The Balaban J connectivity index is 1.95. The number of nitrogens with zero attached hydrogens (tertiary/aromatic N) is 1. The average molecular weight is 289 g/mol. The van der Waals surface area contributed by atoms with Gasteiger partial charge in [0.2, 0.25) is 0 Å². The number of H-pyrrole nitrogens is 1. The van der Waals surface area contributed by atoms with Gasteiger partial charge in [-0.05, 0) is 24.6 Å². The molecule has 0 bridgehead atoms. The molecule has 112 valence electrons. The molecule has 6 nitrogen and oxygen atoms in total. The topological polar surface area (TPSA) is 76.2 Å². The molecular weight excluding hydrogens is 270 g/mol. The standard InChI is InChI=1S/C15H19N3O3/c1-3-8-16-15(19)12-9-11(17-18-12)10-21-14-7-5-4-6-13(14)20-2/h4-7,9H,3,8,10H2,1-2H3,(H,16,19)(H,17,18). The number of amides is 1. The lowest BCUT2D eigenvalue weighted by Gasteiger charge is -2.08. The first-order valence-corrected chi connectivity index (χ1v) is 6.83. The lowest BCUT2D eigenvalue weighted by molar-refractivity contribution is 0.0948. The van der Waals surface area contributed by atoms with Gasteiger partial charge in [0.25, 0.3) is 5.91 Å². The van der Waals surface area contributed by atoms with Crippen LogP contribution >= 0.6 is 0 Å². The van der Waals surface area contributed by atoms with E-state index in [2.05, 4.69) is 15.5 Å². The van der Waals surface area contributed by atoms with E-state index in [0.29, 0.717) is 23.7 Å². The van der Waals surface area contributed by atoms with Gasteiger partial charge >= 0.3 is 0 Å². The third kappa shape index (κ3) is 3.98. The van der Waals surface area contributed by atoms with Crippen molar-refractivity contribution in [2.75, 3.05) is 13.7 Å². The van der Waals surface area contributed by atoms with Crippen molar-refractivity contribution in [1.29, 1.82) is 0 Å². The van der Waals surface area contributed by atoms with Gasteiger partial charge in [-0.15, -0.1) is 0 Å². The summed E-state index contributed by atoms with van der Waals surface area (Å²) in [5, 5.41) is 9.54. The number of benzene rings is 1. The van der Waals surface area contributed by atoms with Crippen LogP contribution in [0.15, 0.2) is 30.3 Å². The van der Waals surface area contributed by atoms with Crippen molar-refractivity contribution in [3.63, 3.8) is 0 Å². The molecule has 21 heavy (non-hydrogen) atoms. The number of carbonyl (C=O) groups is 1. The van der Waals surface area contributed by atoms with Crippen LogP contribution in [0.1, 0.15) is 29.5 Å². The van der Waals surface area contributed by atoms with Crippen molar-refractivity contribution in [3.8, 4) is 11.5 Å². The van der Waals surface area contributed by atoms with Crippen LogP contribution in [0, 0.1) is 0 Å². The summed E-state index contributed by atoms with van der Waals surface area (Å²) in [6, 6.07) is 9.07. The number of carbonyl (C=O) groups excluding carboxylic acids is 1. The summed E-state index contributed by atoms with van der Waals surface area (Å²) >= 11 is 0. The number of aromatic amines is 1. The third-order valence-corrected chi connectivity index (χ3v) is 2.85. The van der Waals surface area contributed by atoms with Crippen LogP contribution in [-0.2, 0) is 6.61 Å². The number of hydrogen-bond acceptors (Lipinski definition) is 4. The highest BCUT2D eigenvalue weighted by Gasteiger charge is 2.10. The number of aromatic nitrogens is 2. The van der Waals surface area contributed by atoms with Gasteiger partial charge in [0.05, 0.1) is 12.8 Å². The van der Waals surface area contributed by atoms with Gasteiger partial charge in [0.1, 0.15) is 12.3 Å². The van der Waals surface area contributed by atoms with Crippen LogP contribution in [-0.4, -0.2) is 29.8 Å². The predicted octanol–water partition coefficient (Wildman–Crippen LogP) is 2.14. The summed E-state index contributed by atoms with van der Waals surface area (Å²) < 4.78 is 10.9. The minimum absolute atomic E-state index is 0.184. The van der Waals surface area contributed by atoms with Crippen molar-refractivity contribution < 1.29 is 14.3 Å². The second kappa shape index (κ2) is 7.33. The molecular formula is C15H19N3O3. The SMILES string of the molecule is CCCNC(=O)c1cc(COc2ccccc2OC)[nH]n1. The van der Waals surface area contributed by atoms with E-state index in [9.17, 15) is 4.79 Å². The maximum absolute atomic E-state index is 11.7. The smallest absolute Gasteiger partial charge is 0.271 e. The molecule has 0 saturated heterocycles. The highest BCUT2D eigenvalue weighted by atomic mass is 16.5. The second-order valence-corrected chi connectivity index (χ2v) is 4.47. The Hall–Kier alpha value is -2.50. The van der Waals surface area contributed by atoms with Crippen LogP contribution in [0.5, 0.6) is 11.5 Å². The minimum Gasteiger partial charge on any atom is -0.493 e. The Morgan fingerprint density at radius 3 is 2.81 bits per heavy atom. The van der Waals surface area contributed by atoms with Gasteiger partial charge in [-0.1, -0.05) is 19.1 Å². The maximum atomic E-state index is 11.7. The van der Waals surface area contributed by atoms with Crippen molar-refractivity contribution in [3.05, 3.63) is 41.7 Å². The van der Waals surface area contributed by atoms with Gasteiger partial charge in [-0.3, -0.25) is 9.89 Å². The predicted molar refractivity (Wildman–Crippen MR) is 78.5 cm³/mol. The van der Waals surface area contributed by atoms with E-state index in [1.165, 1.54) is 0 Å². The summed E-state index contributed by atoms with van der Waals surface area (Å²) in [6.45, 7) is 2.92. The highest BCUT2D eigenvalue weighted by Crippen LogP contribution is 2.26. The number of ether oxygens (including phenoxy) is 2. The summed E-state index contributed by atoms with van der Waals surface area (Å²) in [6.07, 6.45) is 0.889. The van der Waals surface area contributed by atoms with Crippen LogP contribution in [0.4, 0.5) is 0 Å². The molecule has 0 radical (unpaired) electrons. The van der Waals surface area contributed by atoms with Crippen molar-refractivity contribution in [2.24, 2.45) is 0 Å². The summed E-state index contributed by atoms with van der Waals surface area (Å²) in [5.41, 5.74) is 1.09. The molecule has 6 heteroatoms. The first-order valence-electron chi connectivity index (χ1n) is 6.83. The summed E-state index contributed by atoms with van der Waals surface area (Å²) in [7, 11) is 1.59. The van der Waals surface area contributed by atoms with Gasteiger partial charge in [-0.2, -0.15) is 5.10 Å². The molecule has 0 aliphatic rings. The van der Waals surface area contributed by atoms with Crippen molar-refractivity contribution in [1.82, 2.24) is 15.5 Å².